The standard InChI is InChI=1S/C25H27N3O2S/c1-15-20(14-29)17-7-5-6-8-21(17)28(15)13-23(30)27-24-19(12-26)18-10-9-16(25(2,3)4)11-22(18)31-24/h5-8,14,16H,9-11,13H2,1-4H3,(H,27,30)/t16-/m0/s1. The maximum absolute atomic E-state index is 13.0. The van der Waals surface area contributed by atoms with Crippen LogP contribution in [0, 0.1) is 29.6 Å². The number of nitriles is 1. The zero-order chi connectivity index (χ0) is 22.3. The van der Waals surface area contributed by atoms with Crippen LogP contribution in [0.25, 0.3) is 10.9 Å². The van der Waals surface area contributed by atoms with Crippen molar-refractivity contribution < 1.29 is 9.59 Å². The normalized spacial score (nSPS) is 16.0. The molecule has 4 rings (SSSR count). The molecule has 1 amide bonds. The third-order valence-corrected chi connectivity index (χ3v) is 7.72. The van der Waals surface area contributed by atoms with Gasteiger partial charge < -0.3 is 9.88 Å². The van der Waals surface area contributed by atoms with E-state index in [4.69, 9.17) is 0 Å². The first kappa shape index (κ1) is 21.3. The number of amides is 1. The Morgan fingerprint density at radius 3 is 2.77 bits per heavy atom. The van der Waals surface area contributed by atoms with Gasteiger partial charge in [-0.2, -0.15) is 5.26 Å². The SMILES string of the molecule is Cc1c(C=O)c2ccccc2n1CC(=O)Nc1sc2c(c1C#N)CC[C@H](C(C)(C)C)C2. The summed E-state index contributed by atoms with van der Waals surface area (Å²) in [6.45, 7) is 8.75. The van der Waals surface area contributed by atoms with Crippen molar-refractivity contribution >= 4 is 39.4 Å². The van der Waals surface area contributed by atoms with Crippen LogP contribution >= 0.6 is 11.3 Å². The number of aromatic nitrogens is 1. The highest BCUT2D eigenvalue weighted by atomic mass is 32.1. The molecule has 0 aliphatic heterocycles. The summed E-state index contributed by atoms with van der Waals surface area (Å²) >= 11 is 1.54. The maximum Gasteiger partial charge on any atom is 0.244 e. The Morgan fingerprint density at radius 1 is 1.35 bits per heavy atom. The molecule has 0 unspecified atom stereocenters. The number of carbonyl (C=O) groups is 2. The average Bonchev–Trinajstić information content (AvgIpc) is 3.20. The third-order valence-electron chi connectivity index (χ3n) is 6.55. The van der Waals surface area contributed by atoms with E-state index in [1.54, 1.807) is 11.3 Å². The molecule has 0 saturated heterocycles. The number of rotatable bonds is 4. The van der Waals surface area contributed by atoms with Gasteiger partial charge in [-0.05, 0) is 49.1 Å². The Hall–Kier alpha value is -2.91. The zero-order valence-electron chi connectivity index (χ0n) is 18.4. The van der Waals surface area contributed by atoms with Gasteiger partial charge in [0.1, 0.15) is 17.6 Å². The molecule has 0 radical (unpaired) electrons. The predicted octanol–water partition coefficient (Wildman–Crippen LogP) is 5.49. The van der Waals surface area contributed by atoms with Gasteiger partial charge in [0.2, 0.25) is 5.91 Å². The number of fused-ring (bicyclic) bond motifs is 2. The molecule has 1 atom stereocenters. The quantitative estimate of drug-likeness (QED) is 0.553. The Kier molecular flexibility index (Phi) is 5.49. The summed E-state index contributed by atoms with van der Waals surface area (Å²) in [5, 5.41) is 14.3. The fourth-order valence-electron chi connectivity index (χ4n) is 4.65. The predicted molar refractivity (Wildman–Crippen MR) is 125 cm³/mol. The molecule has 5 nitrogen and oxygen atoms in total. The largest absolute Gasteiger partial charge is 0.335 e. The number of carbonyl (C=O) groups excluding carboxylic acids is 2. The van der Waals surface area contributed by atoms with E-state index in [-0.39, 0.29) is 17.9 Å². The van der Waals surface area contributed by atoms with Gasteiger partial charge in [-0.3, -0.25) is 9.59 Å². The first-order valence-corrected chi connectivity index (χ1v) is 11.4. The minimum absolute atomic E-state index is 0.0955. The summed E-state index contributed by atoms with van der Waals surface area (Å²) in [6.07, 6.45) is 3.76. The van der Waals surface area contributed by atoms with E-state index in [0.29, 0.717) is 22.0 Å². The first-order chi connectivity index (χ1) is 14.7. The van der Waals surface area contributed by atoms with Gasteiger partial charge in [-0.25, -0.2) is 0 Å². The highest BCUT2D eigenvalue weighted by Crippen LogP contribution is 2.44. The van der Waals surface area contributed by atoms with Crippen LogP contribution in [0.15, 0.2) is 24.3 Å². The van der Waals surface area contributed by atoms with E-state index in [9.17, 15) is 14.9 Å². The number of hydrogen-bond donors (Lipinski definition) is 1. The van der Waals surface area contributed by atoms with Crippen LogP contribution in [0.2, 0.25) is 0 Å². The van der Waals surface area contributed by atoms with Gasteiger partial charge in [0.15, 0.2) is 6.29 Å². The zero-order valence-corrected chi connectivity index (χ0v) is 19.2. The smallest absolute Gasteiger partial charge is 0.244 e. The molecule has 1 aliphatic carbocycles. The number of hydrogen-bond acceptors (Lipinski definition) is 4. The molecule has 1 N–H and O–H groups in total. The minimum atomic E-state index is -0.191. The molecule has 2 heterocycles. The van der Waals surface area contributed by atoms with E-state index < -0.39 is 0 Å². The van der Waals surface area contributed by atoms with Gasteiger partial charge in [-0.15, -0.1) is 11.3 Å². The minimum Gasteiger partial charge on any atom is -0.335 e. The Balaban J connectivity index is 1.60. The lowest BCUT2D eigenvalue weighted by atomic mass is 9.72. The number of benzene rings is 1. The molecule has 160 valence electrons. The second kappa shape index (κ2) is 7.97. The topological polar surface area (TPSA) is 74.9 Å². The van der Waals surface area contributed by atoms with Crippen LogP contribution in [0.4, 0.5) is 5.00 Å². The van der Waals surface area contributed by atoms with Gasteiger partial charge in [0.05, 0.1) is 5.56 Å². The fourth-order valence-corrected chi connectivity index (χ4v) is 5.95. The van der Waals surface area contributed by atoms with Crippen molar-refractivity contribution in [3.63, 3.8) is 0 Å². The molecule has 6 heteroatoms. The number of anilines is 1. The van der Waals surface area contributed by atoms with Crippen LogP contribution in [-0.2, 0) is 24.2 Å². The van der Waals surface area contributed by atoms with E-state index in [2.05, 4.69) is 32.2 Å². The molecule has 2 aromatic heterocycles. The summed E-state index contributed by atoms with van der Waals surface area (Å²) in [5.41, 5.74) is 4.18. The first-order valence-electron chi connectivity index (χ1n) is 10.6. The van der Waals surface area contributed by atoms with Crippen LogP contribution in [0.3, 0.4) is 0 Å². The number of para-hydroxylation sites is 1. The molecule has 0 fully saturated rings. The van der Waals surface area contributed by atoms with Crippen LogP contribution in [0.1, 0.15) is 59.2 Å². The van der Waals surface area contributed by atoms with Crippen molar-refractivity contribution in [1.82, 2.24) is 4.57 Å². The summed E-state index contributed by atoms with van der Waals surface area (Å²) in [7, 11) is 0. The molecule has 0 bridgehead atoms. The lowest BCUT2D eigenvalue weighted by Gasteiger charge is -2.33. The number of thiophene rings is 1. The average molecular weight is 434 g/mol. The van der Waals surface area contributed by atoms with E-state index in [1.165, 1.54) is 4.88 Å². The Morgan fingerprint density at radius 2 is 2.10 bits per heavy atom. The summed E-state index contributed by atoms with van der Waals surface area (Å²) in [6, 6.07) is 9.92. The maximum atomic E-state index is 13.0. The van der Waals surface area contributed by atoms with Crippen LogP contribution in [-0.4, -0.2) is 16.8 Å². The van der Waals surface area contributed by atoms with Crippen molar-refractivity contribution in [2.45, 2.75) is 53.5 Å². The van der Waals surface area contributed by atoms with Crippen molar-refractivity contribution in [2.75, 3.05) is 5.32 Å². The number of aldehydes is 1. The summed E-state index contributed by atoms with van der Waals surface area (Å²) < 4.78 is 1.86. The molecule has 3 aromatic rings. The molecule has 31 heavy (non-hydrogen) atoms. The molecular formula is C25H27N3O2S. The van der Waals surface area contributed by atoms with Gasteiger partial charge >= 0.3 is 0 Å². The van der Waals surface area contributed by atoms with E-state index >= 15 is 0 Å². The summed E-state index contributed by atoms with van der Waals surface area (Å²) in [4.78, 5) is 25.8. The van der Waals surface area contributed by atoms with E-state index in [1.807, 2.05) is 35.8 Å². The Labute approximate surface area is 186 Å². The van der Waals surface area contributed by atoms with Crippen molar-refractivity contribution in [2.24, 2.45) is 11.3 Å². The van der Waals surface area contributed by atoms with Crippen molar-refractivity contribution in [3.8, 4) is 6.07 Å². The lowest BCUT2D eigenvalue weighted by molar-refractivity contribution is -0.116. The van der Waals surface area contributed by atoms with Gasteiger partial charge in [0.25, 0.3) is 0 Å². The van der Waals surface area contributed by atoms with Gasteiger partial charge in [0, 0.05) is 27.0 Å². The lowest BCUT2D eigenvalue weighted by Crippen LogP contribution is -2.26. The second-order valence-corrected chi connectivity index (χ2v) is 10.5. The molecule has 0 saturated carbocycles. The molecule has 0 spiro atoms. The Bertz CT molecular complexity index is 1220. The van der Waals surface area contributed by atoms with Crippen molar-refractivity contribution in [3.05, 3.63) is 51.5 Å². The monoisotopic (exact) mass is 433 g/mol. The highest BCUT2D eigenvalue weighted by molar-refractivity contribution is 7.16. The molecule has 1 aliphatic rings. The number of nitrogens with zero attached hydrogens (tertiary/aromatic N) is 2. The van der Waals surface area contributed by atoms with Crippen LogP contribution < -0.4 is 5.32 Å². The van der Waals surface area contributed by atoms with Crippen LogP contribution in [0.5, 0.6) is 0 Å². The third kappa shape index (κ3) is 3.79. The second-order valence-electron chi connectivity index (χ2n) is 9.39. The van der Waals surface area contributed by atoms with Crippen molar-refractivity contribution in [1.29, 1.82) is 5.26 Å². The fraction of sp³-hybridized carbons (Fsp3) is 0.400. The molecule has 1 aromatic carbocycles. The highest BCUT2D eigenvalue weighted by Gasteiger charge is 2.32. The summed E-state index contributed by atoms with van der Waals surface area (Å²) in [5.74, 6) is 0.383. The molecular weight excluding hydrogens is 406 g/mol. The number of nitrogens with one attached hydrogen (secondary N) is 1. The van der Waals surface area contributed by atoms with Gasteiger partial charge in [-0.1, -0.05) is 39.0 Å². The van der Waals surface area contributed by atoms with E-state index in [0.717, 1.165) is 47.7 Å².